The first-order valence-corrected chi connectivity index (χ1v) is 6.57. The predicted octanol–water partition coefficient (Wildman–Crippen LogP) is 3.01. The molecule has 0 fully saturated rings. The highest BCUT2D eigenvalue weighted by Crippen LogP contribution is 2.18. The van der Waals surface area contributed by atoms with E-state index in [1.54, 1.807) is 0 Å². The van der Waals surface area contributed by atoms with Crippen LogP contribution in [-0.2, 0) is 0 Å². The Hall–Kier alpha value is -0.680. The number of aliphatic hydroxyl groups is 1. The van der Waals surface area contributed by atoms with Crippen LogP contribution >= 0.6 is 0 Å². The van der Waals surface area contributed by atoms with Gasteiger partial charge in [0, 0.05) is 6.42 Å². The number of rotatable bonds is 8. The van der Waals surface area contributed by atoms with Gasteiger partial charge < -0.3 is 15.2 Å². The van der Waals surface area contributed by atoms with Crippen LogP contribution in [0.3, 0.4) is 0 Å². The summed E-state index contributed by atoms with van der Waals surface area (Å²) in [6.07, 6.45) is 4.21. The molecule has 104 valence electrons. The Morgan fingerprint density at radius 3 is 1.53 bits per heavy atom. The molecule has 0 heterocycles. The maximum atomic E-state index is 10.1. The van der Waals surface area contributed by atoms with Crippen molar-refractivity contribution in [2.75, 3.05) is 19.6 Å². The van der Waals surface area contributed by atoms with E-state index in [-0.39, 0.29) is 6.23 Å². The van der Waals surface area contributed by atoms with E-state index in [9.17, 15) is 5.11 Å². The summed E-state index contributed by atoms with van der Waals surface area (Å²) in [6, 6.07) is 0. The largest absolute Gasteiger partial charge is 0.444 e. The number of quaternary nitrogens is 1. The SMILES string of the molecule is CCC[N+](CCC)(CCC)C(O)CC.O=N[O-]. The van der Waals surface area contributed by atoms with E-state index in [1.165, 1.54) is 0 Å². The molecule has 0 aromatic carbocycles. The highest BCUT2D eigenvalue weighted by Gasteiger charge is 2.31. The van der Waals surface area contributed by atoms with Gasteiger partial charge in [0.25, 0.3) is 0 Å². The summed E-state index contributed by atoms with van der Waals surface area (Å²) < 4.78 is 0.917. The second-order valence-corrected chi connectivity index (χ2v) is 4.35. The van der Waals surface area contributed by atoms with Gasteiger partial charge in [-0.15, -0.1) is 5.34 Å². The molecule has 0 spiro atoms. The Labute approximate surface area is 105 Å². The van der Waals surface area contributed by atoms with Crippen molar-refractivity contribution in [2.24, 2.45) is 5.34 Å². The Bertz CT molecular complexity index is 160. The third-order valence-corrected chi connectivity index (χ3v) is 3.00. The third kappa shape index (κ3) is 7.28. The molecule has 17 heavy (non-hydrogen) atoms. The Kier molecular flexibility index (Phi) is 13.0. The summed E-state index contributed by atoms with van der Waals surface area (Å²) >= 11 is 0. The van der Waals surface area contributed by atoms with Crippen LogP contribution in [0.1, 0.15) is 53.4 Å². The molecule has 0 radical (unpaired) electrons. The van der Waals surface area contributed by atoms with Crippen LogP contribution in [0, 0.1) is 10.1 Å². The molecular weight excluding hydrogens is 220 g/mol. The molecule has 0 aliphatic heterocycles. The fourth-order valence-corrected chi connectivity index (χ4v) is 2.51. The van der Waals surface area contributed by atoms with E-state index in [0.717, 1.165) is 55.1 Å². The zero-order chi connectivity index (χ0) is 13.7. The number of nitrogens with zero attached hydrogens (tertiary/aromatic N) is 2. The first kappa shape index (κ1) is 18.7. The maximum Gasteiger partial charge on any atom is 0.190 e. The van der Waals surface area contributed by atoms with Crippen molar-refractivity contribution in [2.45, 2.75) is 59.6 Å². The summed E-state index contributed by atoms with van der Waals surface area (Å²) in [5, 5.41) is 19.1. The molecule has 5 heteroatoms. The average Bonchev–Trinajstić information content (AvgIpc) is 2.30. The molecule has 1 unspecified atom stereocenters. The maximum absolute atomic E-state index is 10.1. The van der Waals surface area contributed by atoms with Crippen LogP contribution in [0.2, 0.25) is 0 Å². The minimum absolute atomic E-state index is 0.158. The first-order chi connectivity index (χ1) is 8.08. The summed E-state index contributed by atoms with van der Waals surface area (Å²) in [6.45, 7) is 12.1. The van der Waals surface area contributed by atoms with Gasteiger partial charge in [0.15, 0.2) is 6.23 Å². The molecule has 0 aromatic heterocycles. The second kappa shape index (κ2) is 11.8. The molecule has 0 amide bonds. The third-order valence-electron chi connectivity index (χ3n) is 3.00. The Morgan fingerprint density at radius 1 is 1.06 bits per heavy atom. The smallest absolute Gasteiger partial charge is 0.190 e. The zero-order valence-electron chi connectivity index (χ0n) is 11.7. The van der Waals surface area contributed by atoms with Crippen molar-refractivity contribution in [1.29, 1.82) is 0 Å². The van der Waals surface area contributed by atoms with Crippen LogP contribution in [0.15, 0.2) is 5.34 Å². The van der Waals surface area contributed by atoms with Crippen molar-refractivity contribution in [1.82, 2.24) is 0 Å². The highest BCUT2D eigenvalue weighted by molar-refractivity contribution is 4.48. The lowest BCUT2D eigenvalue weighted by Gasteiger charge is -2.42. The van der Waals surface area contributed by atoms with E-state index in [2.05, 4.69) is 27.7 Å². The van der Waals surface area contributed by atoms with Crippen LogP contribution < -0.4 is 0 Å². The number of aliphatic hydroxyl groups excluding tert-OH is 1. The van der Waals surface area contributed by atoms with Gasteiger partial charge in [-0.25, -0.2) is 0 Å². The van der Waals surface area contributed by atoms with Gasteiger partial charge in [-0.2, -0.15) is 0 Å². The predicted molar refractivity (Wildman–Crippen MR) is 71.2 cm³/mol. The lowest BCUT2D eigenvalue weighted by Crippen LogP contribution is -2.56. The number of hydrogen-bond donors (Lipinski definition) is 1. The molecule has 1 atom stereocenters. The number of hydrogen-bond acceptors (Lipinski definition) is 4. The lowest BCUT2D eigenvalue weighted by molar-refractivity contribution is -0.971. The fourth-order valence-electron chi connectivity index (χ4n) is 2.51. The van der Waals surface area contributed by atoms with Gasteiger partial charge in [-0.3, -0.25) is 4.48 Å². The lowest BCUT2D eigenvalue weighted by atomic mass is 10.2. The van der Waals surface area contributed by atoms with Crippen LogP contribution in [0.5, 0.6) is 0 Å². The molecule has 0 saturated heterocycles. The van der Waals surface area contributed by atoms with Crippen molar-refractivity contribution in [3.8, 4) is 0 Å². The summed E-state index contributed by atoms with van der Waals surface area (Å²) in [5.41, 5.74) is 0. The van der Waals surface area contributed by atoms with Crippen LogP contribution in [0.25, 0.3) is 0 Å². The van der Waals surface area contributed by atoms with E-state index < -0.39 is 0 Å². The monoisotopic (exact) mass is 248 g/mol. The highest BCUT2D eigenvalue weighted by atomic mass is 16.6. The van der Waals surface area contributed by atoms with Crippen molar-refractivity contribution in [3.05, 3.63) is 10.1 Å². The minimum Gasteiger partial charge on any atom is -0.444 e. The Balaban J connectivity index is 0. The van der Waals surface area contributed by atoms with Gasteiger partial charge in [0.2, 0.25) is 0 Å². The fraction of sp³-hybridized carbons (Fsp3) is 1.00. The zero-order valence-corrected chi connectivity index (χ0v) is 11.7. The summed E-state index contributed by atoms with van der Waals surface area (Å²) in [4.78, 5) is 8.00. The van der Waals surface area contributed by atoms with Crippen LogP contribution in [0.4, 0.5) is 0 Å². The molecular formula is C12H28N2O3. The first-order valence-electron chi connectivity index (χ1n) is 6.57. The average molecular weight is 248 g/mol. The molecule has 0 saturated carbocycles. The van der Waals surface area contributed by atoms with Gasteiger partial charge >= 0.3 is 0 Å². The summed E-state index contributed by atoms with van der Waals surface area (Å²) in [5.74, 6) is 0. The quantitative estimate of drug-likeness (QED) is 0.310. The van der Waals surface area contributed by atoms with E-state index >= 15 is 0 Å². The van der Waals surface area contributed by atoms with E-state index in [0.29, 0.717) is 0 Å². The molecule has 0 aliphatic rings. The molecule has 0 rings (SSSR count). The van der Waals surface area contributed by atoms with Crippen molar-refractivity contribution >= 4 is 0 Å². The molecule has 0 bridgehead atoms. The minimum atomic E-state index is -0.158. The van der Waals surface area contributed by atoms with Gasteiger partial charge in [0.05, 0.1) is 19.6 Å². The van der Waals surface area contributed by atoms with Gasteiger partial charge in [-0.05, 0) is 19.3 Å². The van der Waals surface area contributed by atoms with E-state index in [1.807, 2.05) is 0 Å². The molecule has 0 aromatic rings. The van der Waals surface area contributed by atoms with Crippen molar-refractivity contribution in [3.63, 3.8) is 0 Å². The van der Waals surface area contributed by atoms with Gasteiger partial charge in [-0.1, -0.05) is 27.7 Å². The topological polar surface area (TPSA) is 72.7 Å². The van der Waals surface area contributed by atoms with Crippen molar-refractivity contribution < 1.29 is 9.59 Å². The normalized spacial score (nSPS) is 12.5. The molecule has 1 N–H and O–H groups in total. The summed E-state index contributed by atoms with van der Waals surface area (Å²) in [7, 11) is 0. The Morgan fingerprint density at radius 2 is 1.35 bits per heavy atom. The van der Waals surface area contributed by atoms with Gasteiger partial charge in [0.1, 0.15) is 0 Å². The molecule has 5 nitrogen and oxygen atoms in total. The van der Waals surface area contributed by atoms with Crippen LogP contribution in [-0.4, -0.2) is 35.5 Å². The van der Waals surface area contributed by atoms with E-state index in [4.69, 9.17) is 10.1 Å². The molecule has 0 aliphatic carbocycles. The standard InChI is InChI=1S/C12H28NO.HNO2/c1-5-9-13(10-6-2,11-7-3)12(14)8-4;2-1-3/h12,14H,5-11H2,1-4H3;(H,2,3)/q+1;/p-1. The second-order valence-electron chi connectivity index (χ2n) is 4.35.